The lowest BCUT2D eigenvalue weighted by Gasteiger charge is -2.07. The van der Waals surface area contributed by atoms with E-state index in [0.717, 1.165) is 15.3 Å². The molecule has 0 atom stereocenters. The van der Waals surface area contributed by atoms with E-state index in [-0.39, 0.29) is 5.91 Å². The number of thiazole rings is 1. The van der Waals surface area contributed by atoms with Crippen molar-refractivity contribution in [2.24, 2.45) is 0 Å². The largest absolute Gasteiger partial charge is 0.494 e. The van der Waals surface area contributed by atoms with E-state index >= 15 is 0 Å². The second kappa shape index (κ2) is 7.38. The highest BCUT2D eigenvalue weighted by molar-refractivity contribution is 7.23. The number of anilines is 1. The van der Waals surface area contributed by atoms with E-state index < -0.39 is 0 Å². The van der Waals surface area contributed by atoms with Crippen molar-refractivity contribution in [2.45, 2.75) is 6.92 Å². The van der Waals surface area contributed by atoms with Crippen LogP contribution in [-0.4, -0.2) is 18.0 Å². The average Bonchev–Trinajstić information content (AvgIpc) is 3.29. The number of carbonyl (C=O) groups is 1. The Hall–Kier alpha value is -2.90. The highest BCUT2D eigenvalue weighted by Crippen LogP contribution is 2.40. The maximum Gasteiger partial charge on any atom is 0.267 e. The fraction of sp³-hybridized carbons (Fsp3) is 0.100. The Kier molecular flexibility index (Phi) is 4.79. The molecule has 7 heteroatoms. The minimum Gasteiger partial charge on any atom is -0.494 e. The number of carbonyl (C=O) groups excluding carboxylic acids is 1. The van der Waals surface area contributed by atoms with Gasteiger partial charge >= 0.3 is 0 Å². The van der Waals surface area contributed by atoms with Crippen LogP contribution in [0.1, 0.15) is 14.5 Å². The normalized spacial score (nSPS) is 10.7. The number of nitrogens with one attached hydrogen (secondary N) is 1. The number of hydrogen-bond acceptors (Lipinski definition) is 6. The molecule has 0 aliphatic rings. The van der Waals surface area contributed by atoms with E-state index in [1.54, 1.807) is 7.11 Å². The third-order valence-electron chi connectivity index (χ3n) is 3.85. The molecular formula is C20H16N2O3S2. The summed E-state index contributed by atoms with van der Waals surface area (Å²) in [6.07, 6.45) is 0. The van der Waals surface area contributed by atoms with Gasteiger partial charge in [0, 0.05) is 4.88 Å². The monoisotopic (exact) mass is 396 g/mol. The summed E-state index contributed by atoms with van der Waals surface area (Å²) in [5.41, 5.74) is 0.661. The van der Waals surface area contributed by atoms with Crippen LogP contribution in [0.2, 0.25) is 0 Å². The summed E-state index contributed by atoms with van der Waals surface area (Å²) in [6.45, 7) is 1.97. The van der Waals surface area contributed by atoms with Crippen LogP contribution in [0.15, 0.2) is 54.6 Å². The van der Waals surface area contributed by atoms with Gasteiger partial charge in [0.1, 0.15) is 27.5 Å². The Morgan fingerprint density at radius 3 is 2.48 bits per heavy atom. The number of nitrogens with zero attached hydrogens (tertiary/aromatic N) is 1. The zero-order chi connectivity index (χ0) is 18.8. The molecule has 0 saturated carbocycles. The minimum atomic E-state index is -0.170. The van der Waals surface area contributed by atoms with Gasteiger partial charge < -0.3 is 9.47 Å². The Bertz CT molecular complexity index is 1100. The van der Waals surface area contributed by atoms with Gasteiger partial charge in [-0.2, -0.15) is 0 Å². The summed E-state index contributed by atoms with van der Waals surface area (Å²) in [5.74, 6) is 1.87. The molecule has 0 bridgehead atoms. The summed E-state index contributed by atoms with van der Waals surface area (Å²) in [4.78, 5) is 18.7. The van der Waals surface area contributed by atoms with E-state index in [1.165, 1.54) is 22.7 Å². The lowest BCUT2D eigenvalue weighted by atomic mass is 10.3. The van der Waals surface area contributed by atoms with Crippen molar-refractivity contribution in [2.75, 3.05) is 12.4 Å². The molecule has 0 fully saturated rings. The topological polar surface area (TPSA) is 60.5 Å². The highest BCUT2D eigenvalue weighted by Gasteiger charge is 2.17. The summed E-state index contributed by atoms with van der Waals surface area (Å²) in [6, 6.07) is 16.9. The van der Waals surface area contributed by atoms with Crippen LogP contribution < -0.4 is 14.8 Å². The predicted molar refractivity (Wildman–Crippen MR) is 110 cm³/mol. The van der Waals surface area contributed by atoms with Crippen molar-refractivity contribution in [3.8, 4) is 17.2 Å². The van der Waals surface area contributed by atoms with Crippen LogP contribution in [0.25, 0.3) is 10.2 Å². The van der Waals surface area contributed by atoms with Gasteiger partial charge in [-0.15, -0.1) is 11.3 Å². The molecule has 2 aromatic heterocycles. The fourth-order valence-corrected chi connectivity index (χ4v) is 4.28. The van der Waals surface area contributed by atoms with Gasteiger partial charge in [0.25, 0.3) is 5.91 Å². The van der Waals surface area contributed by atoms with Crippen molar-refractivity contribution < 1.29 is 14.3 Å². The van der Waals surface area contributed by atoms with Gasteiger partial charge in [-0.3, -0.25) is 10.1 Å². The van der Waals surface area contributed by atoms with Crippen LogP contribution in [0.5, 0.6) is 17.2 Å². The quantitative estimate of drug-likeness (QED) is 0.469. The Morgan fingerprint density at radius 2 is 1.78 bits per heavy atom. The molecule has 136 valence electrons. The number of aryl methyl sites for hydroxylation is 1. The molecule has 2 heterocycles. The van der Waals surface area contributed by atoms with Crippen molar-refractivity contribution >= 4 is 43.9 Å². The Balaban J connectivity index is 1.69. The number of fused-ring (bicyclic) bond motifs is 1. The second-order valence-corrected chi connectivity index (χ2v) is 8.03. The highest BCUT2D eigenvalue weighted by atomic mass is 32.1. The SMILES string of the molecule is COc1ccc(Oc2ccccc2)c2sc(NC(=O)c3ccc(C)s3)nc12. The fourth-order valence-electron chi connectivity index (χ4n) is 2.59. The molecule has 0 unspecified atom stereocenters. The van der Waals surface area contributed by atoms with Crippen molar-refractivity contribution in [1.29, 1.82) is 0 Å². The van der Waals surface area contributed by atoms with E-state index in [2.05, 4.69) is 10.3 Å². The van der Waals surface area contributed by atoms with Gasteiger partial charge in [-0.1, -0.05) is 29.5 Å². The third kappa shape index (κ3) is 3.65. The minimum absolute atomic E-state index is 0.170. The first-order chi connectivity index (χ1) is 13.1. The lowest BCUT2D eigenvalue weighted by molar-refractivity contribution is 0.103. The molecule has 1 N–H and O–H groups in total. The summed E-state index contributed by atoms with van der Waals surface area (Å²) < 4.78 is 12.2. The first-order valence-electron chi connectivity index (χ1n) is 8.22. The van der Waals surface area contributed by atoms with Gasteiger partial charge in [0.2, 0.25) is 0 Å². The number of aromatic nitrogens is 1. The average molecular weight is 396 g/mol. The number of hydrogen-bond donors (Lipinski definition) is 1. The molecule has 5 nitrogen and oxygen atoms in total. The standard InChI is InChI=1S/C20H16N2O3S2/c1-12-8-11-16(26-12)19(23)22-20-21-17-14(24-2)9-10-15(18(17)27-20)25-13-6-4-3-5-7-13/h3-11H,1-2H3,(H,21,22,23). The van der Waals surface area contributed by atoms with Gasteiger partial charge in [-0.25, -0.2) is 4.98 Å². The summed E-state index contributed by atoms with van der Waals surface area (Å²) in [5, 5.41) is 3.37. The van der Waals surface area contributed by atoms with E-state index in [1.807, 2.05) is 61.5 Å². The first kappa shape index (κ1) is 17.5. The van der Waals surface area contributed by atoms with Crippen molar-refractivity contribution in [3.63, 3.8) is 0 Å². The number of benzene rings is 2. The zero-order valence-corrected chi connectivity index (χ0v) is 16.3. The molecule has 4 aromatic rings. The third-order valence-corrected chi connectivity index (χ3v) is 5.83. The maximum atomic E-state index is 12.4. The molecule has 4 rings (SSSR count). The molecule has 0 aliphatic heterocycles. The van der Waals surface area contributed by atoms with Gasteiger partial charge in [0.15, 0.2) is 5.13 Å². The predicted octanol–water partition coefficient (Wildman–Crippen LogP) is 5.72. The number of methoxy groups -OCH3 is 1. The first-order valence-corrected chi connectivity index (χ1v) is 9.85. The second-order valence-electron chi connectivity index (χ2n) is 5.74. The van der Waals surface area contributed by atoms with E-state index in [4.69, 9.17) is 9.47 Å². The molecule has 0 aliphatic carbocycles. The van der Waals surface area contributed by atoms with Gasteiger partial charge in [-0.05, 0) is 43.3 Å². The number of ether oxygens (including phenoxy) is 2. The number of thiophene rings is 1. The number of rotatable bonds is 5. The number of para-hydroxylation sites is 1. The molecule has 0 radical (unpaired) electrons. The molecule has 27 heavy (non-hydrogen) atoms. The molecular weight excluding hydrogens is 380 g/mol. The Morgan fingerprint density at radius 1 is 1.00 bits per heavy atom. The van der Waals surface area contributed by atoms with Crippen LogP contribution >= 0.6 is 22.7 Å². The lowest BCUT2D eigenvalue weighted by Crippen LogP contribution is -2.09. The summed E-state index contributed by atoms with van der Waals surface area (Å²) >= 11 is 2.81. The van der Waals surface area contributed by atoms with Crippen molar-refractivity contribution in [3.05, 3.63) is 64.4 Å². The van der Waals surface area contributed by atoms with E-state index in [0.29, 0.717) is 27.0 Å². The van der Waals surface area contributed by atoms with E-state index in [9.17, 15) is 4.79 Å². The summed E-state index contributed by atoms with van der Waals surface area (Å²) in [7, 11) is 1.60. The smallest absolute Gasteiger partial charge is 0.267 e. The zero-order valence-electron chi connectivity index (χ0n) is 14.7. The maximum absolute atomic E-state index is 12.4. The Labute approximate surface area is 164 Å². The van der Waals surface area contributed by atoms with Crippen LogP contribution in [0.3, 0.4) is 0 Å². The number of amides is 1. The molecule has 1 amide bonds. The molecule has 0 spiro atoms. The van der Waals surface area contributed by atoms with Crippen LogP contribution in [0, 0.1) is 6.92 Å². The van der Waals surface area contributed by atoms with Gasteiger partial charge in [0.05, 0.1) is 12.0 Å². The van der Waals surface area contributed by atoms with Crippen molar-refractivity contribution in [1.82, 2.24) is 4.98 Å². The van der Waals surface area contributed by atoms with Crippen LogP contribution in [0.4, 0.5) is 5.13 Å². The molecule has 2 aromatic carbocycles. The van der Waals surface area contributed by atoms with Crippen LogP contribution in [-0.2, 0) is 0 Å². The molecule has 0 saturated heterocycles.